The lowest BCUT2D eigenvalue weighted by molar-refractivity contribution is 0.0976. The van der Waals surface area contributed by atoms with E-state index < -0.39 is 0 Å². The highest BCUT2D eigenvalue weighted by atomic mass is 16.3. The van der Waals surface area contributed by atoms with Gasteiger partial charge in [0.05, 0.1) is 5.56 Å². The molecule has 94 valence electrons. The van der Waals surface area contributed by atoms with E-state index in [1.807, 2.05) is 13.0 Å². The molecular formula is C15H22O2. The number of rotatable bonds is 7. The summed E-state index contributed by atoms with van der Waals surface area (Å²) in [7, 11) is 0. The Balaban J connectivity index is 2.42. The van der Waals surface area contributed by atoms with Crippen molar-refractivity contribution in [3.63, 3.8) is 0 Å². The summed E-state index contributed by atoms with van der Waals surface area (Å²) in [5, 5.41) is 9.68. The maximum absolute atomic E-state index is 11.8. The third-order valence-corrected chi connectivity index (χ3v) is 2.96. The molecule has 0 saturated heterocycles. The molecule has 0 saturated carbocycles. The summed E-state index contributed by atoms with van der Waals surface area (Å²) in [5.74, 6) is 0.169. The molecule has 0 atom stereocenters. The van der Waals surface area contributed by atoms with Crippen LogP contribution in [0, 0.1) is 6.92 Å². The van der Waals surface area contributed by atoms with E-state index in [0.29, 0.717) is 12.0 Å². The van der Waals surface area contributed by atoms with Crippen LogP contribution in [0.4, 0.5) is 0 Å². The Kier molecular flexibility index (Phi) is 5.75. The van der Waals surface area contributed by atoms with E-state index in [-0.39, 0.29) is 11.5 Å². The van der Waals surface area contributed by atoms with E-state index in [9.17, 15) is 9.90 Å². The number of benzene rings is 1. The highest BCUT2D eigenvalue weighted by molar-refractivity contribution is 5.98. The SMILES string of the molecule is CCCCCCCC(=O)c1ccc(C)cc1O. The van der Waals surface area contributed by atoms with Crippen LogP contribution >= 0.6 is 0 Å². The van der Waals surface area contributed by atoms with Crippen molar-refractivity contribution in [1.29, 1.82) is 0 Å². The Bertz CT molecular complexity index is 369. The molecule has 0 aromatic heterocycles. The van der Waals surface area contributed by atoms with Gasteiger partial charge in [0, 0.05) is 6.42 Å². The molecular weight excluding hydrogens is 212 g/mol. The van der Waals surface area contributed by atoms with Crippen LogP contribution in [-0.4, -0.2) is 10.9 Å². The van der Waals surface area contributed by atoms with Crippen molar-refractivity contribution in [3.8, 4) is 5.75 Å². The number of aryl methyl sites for hydroxylation is 1. The van der Waals surface area contributed by atoms with Gasteiger partial charge in [-0.15, -0.1) is 0 Å². The highest BCUT2D eigenvalue weighted by Crippen LogP contribution is 2.21. The highest BCUT2D eigenvalue weighted by Gasteiger charge is 2.10. The van der Waals surface area contributed by atoms with Crippen LogP contribution in [0.3, 0.4) is 0 Å². The number of Topliss-reactive ketones (excluding diaryl/α,β-unsaturated/α-hetero) is 1. The number of aromatic hydroxyl groups is 1. The average molecular weight is 234 g/mol. The largest absolute Gasteiger partial charge is 0.507 e. The van der Waals surface area contributed by atoms with Crippen molar-refractivity contribution in [1.82, 2.24) is 0 Å². The second kappa shape index (κ2) is 7.10. The average Bonchev–Trinajstić information content (AvgIpc) is 2.28. The molecule has 0 radical (unpaired) electrons. The Morgan fingerprint density at radius 1 is 1.18 bits per heavy atom. The van der Waals surface area contributed by atoms with Gasteiger partial charge in [-0.25, -0.2) is 0 Å². The van der Waals surface area contributed by atoms with Gasteiger partial charge >= 0.3 is 0 Å². The predicted octanol–water partition coefficient (Wildman–Crippen LogP) is 4.24. The van der Waals surface area contributed by atoms with Crippen molar-refractivity contribution in [2.24, 2.45) is 0 Å². The zero-order valence-corrected chi connectivity index (χ0v) is 10.8. The number of phenolic OH excluding ortho intramolecular Hbond substituents is 1. The second-order valence-electron chi connectivity index (χ2n) is 4.61. The molecule has 0 amide bonds. The summed E-state index contributed by atoms with van der Waals surface area (Å²) in [6, 6.07) is 5.23. The molecule has 17 heavy (non-hydrogen) atoms. The van der Waals surface area contributed by atoms with E-state index in [1.54, 1.807) is 12.1 Å². The van der Waals surface area contributed by atoms with Gasteiger partial charge < -0.3 is 5.11 Å². The molecule has 1 aromatic rings. The lowest BCUT2D eigenvalue weighted by Crippen LogP contribution is -1.99. The summed E-state index contributed by atoms with van der Waals surface area (Å²) in [5.41, 5.74) is 1.44. The first-order valence-electron chi connectivity index (χ1n) is 6.48. The van der Waals surface area contributed by atoms with E-state index in [1.165, 1.54) is 19.3 Å². The van der Waals surface area contributed by atoms with Crippen molar-refractivity contribution < 1.29 is 9.90 Å². The van der Waals surface area contributed by atoms with Crippen molar-refractivity contribution >= 4 is 5.78 Å². The summed E-state index contributed by atoms with van der Waals surface area (Å²) < 4.78 is 0. The Morgan fingerprint density at radius 2 is 1.88 bits per heavy atom. The fraction of sp³-hybridized carbons (Fsp3) is 0.533. The molecule has 1 N–H and O–H groups in total. The van der Waals surface area contributed by atoms with Gasteiger partial charge in [-0.2, -0.15) is 0 Å². The first-order chi connectivity index (χ1) is 8.15. The number of carbonyl (C=O) groups is 1. The predicted molar refractivity (Wildman–Crippen MR) is 70.6 cm³/mol. The minimum absolute atomic E-state index is 0.0546. The van der Waals surface area contributed by atoms with Gasteiger partial charge in [0.1, 0.15) is 5.75 Å². The smallest absolute Gasteiger partial charge is 0.166 e. The molecule has 0 fully saturated rings. The van der Waals surface area contributed by atoms with Crippen LogP contribution in [0.5, 0.6) is 5.75 Å². The zero-order chi connectivity index (χ0) is 12.7. The quantitative estimate of drug-likeness (QED) is 0.566. The van der Waals surface area contributed by atoms with Crippen LogP contribution in [0.2, 0.25) is 0 Å². The summed E-state index contributed by atoms with van der Waals surface area (Å²) in [4.78, 5) is 11.8. The van der Waals surface area contributed by atoms with E-state index in [0.717, 1.165) is 18.4 Å². The topological polar surface area (TPSA) is 37.3 Å². The van der Waals surface area contributed by atoms with Gasteiger partial charge in [-0.3, -0.25) is 4.79 Å². The zero-order valence-electron chi connectivity index (χ0n) is 10.8. The monoisotopic (exact) mass is 234 g/mol. The van der Waals surface area contributed by atoms with Gasteiger partial charge in [0.25, 0.3) is 0 Å². The minimum atomic E-state index is 0.0546. The molecule has 0 aliphatic heterocycles. The molecule has 0 aliphatic carbocycles. The number of phenols is 1. The summed E-state index contributed by atoms with van der Waals surface area (Å²) in [6.07, 6.45) is 6.22. The van der Waals surface area contributed by atoms with Crippen LogP contribution < -0.4 is 0 Å². The number of ketones is 1. The first kappa shape index (κ1) is 13.8. The van der Waals surface area contributed by atoms with E-state index in [4.69, 9.17) is 0 Å². The Morgan fingerprint density at radius 3 is 2.53 bits per heavy atom. The summed E-state index contributed by atoms with van der Waals surface area (Å²) in [6.45, 7) is 4.08. The van der Waals surface area contributed by atoms with Gasteiger partial charge in [0.2, 0.25) is 0 Å². The fourth-order valence-electron chi connectivity index (χ4n) is 1.90. The fourth-order valence-corrected chi connectivity index (χ4v) is 1.90. The van der Waals surface area contributed by atoms with Crippen LogP contribution in [-0.2, 0) is 0 Å². The van der Waals surface area contributed by atoms with Crippen LogP contribution in [0.1, 0.15) is 61.4 Å². The van der Waals surface area contributed by atoms with Crippen molar-refractivity contribution in [2.75, 3.05) is 0 Å². The molecule has 2 heteroatoms. The molecule has 0 spiro atoms. The lowest BCUT2D eigenvalue weighted by atomic mass is 10.0. The number of hydrogen-bond acceptors (Lipinski definition) is 2. The van der Waals surface area contributed by atoms with E-state index in [2.05, 4.69) is 6.92 Å². The van der Waals surface area contributed by atoms with Gasteiger partial charge in [-0.1, -0.05) is 38.7 Å². The summed E-state index contributed by atoms with van der Waals surface area (Å²) >= 11 is 0. The Hall–Kier alpha value is -1.31. The lowest BCUT2D eigenvalue weighted by Gasteiger charge is -2.04. The van der Waals surface area contributed by atoms with Crippen molar-refractivity contribution in [2.45, 2.75) is 52.4 Å². The maximum Gasteiger partial charge on any atom is 0.166 e. The molecule has 0 unspecified atom stereocenters. The van der Waals surface area contributed by atoms with Gasteiger partial charge in [-0.05, 0) is 31.0 Å². The second-order valence-corrected chi connectivity index (χ2v) is 4.61. The number of carbonyl (C=O) groups excluding carboxylic acids is 1. The Labute approximate surface area is 104 Å². The van der Waals surface area contributed by atoms with Crippen LogP contribution in [0.25, 0.3) is 0 Å². The molecule has 0 aliphatic rings. The molecule has 1 aromatic carbocycles. The van der Waals surface area contributed by atoms with Crippen LogP contribution in [0.15, 0.2) is 18.2 Å². The molecule has 0 bridgehead atoms. The third kappa shape index (κ3) is 4.59. The standard InChI is InChI=1S/C15H22O2/c1-3-4-5-6-7-8-14(16)13-10-9-12(2)11-15(13)17/h9-11,17H,3-8H2,1-2H3. The number of hydrogen-bond donors (Lipinski definition) is 1. The van der Waals surface area contributed by atoms with E-state index >= 15 is 0 Å². The first-order valence-corrected chi connectivity index (χ1v) is 6.48. The molecule has 1 rings (SSSR count). The minimum Gasteiger partial charge on any atom is -0.507 e. The van der Waals surface area contributed by atoms with Gasteiger partial charge in [0.15, 0.2) is 5.78 Å². The number of unbranched alkanes of at least 4 members (excludes halogenated alkanes) is 4. The van der Waals surface area contributed by atoms with Crippen molar-refractivity contribution in [3.05, 3.63) is 29.3 Å². The normalized spacial score (nSPS) is 10.5. The molecule has 0 heterocycles. The third-order valence-electron chi connectivity index (χ3n) is 2.96. The maximum atomic E-state index is 11.8. The molecule has 2 nitrogen and oxygen atoms in total.